The van der Waals surface area contributed by atoms with Crippen LogP contribution < -0.4 is 5.32 Å². The molecule has 8 nitrogen and oxygen atoms in total. The first kappa shape index (κ1) is 14.4. The Labute approximate surface area is 116 Å². The molecule has 1 saturated carbocycles. The topological polar surface area (TPSA) is 109 Å². The third-order valence-corrected chi connectivity index (χ3v) is 3.03. The van der Waals surface area contributed by atoms with Crippen LogP contribution in [0, 0.1) is 0 Å². The lowest BCUT2D eigenvalue weighted by Gasteiger charge is -2.23. The second kappa shape index (κ2) is 6.00. The summed E-state index contributed by atoms with van der Waals surface area (Å²) >= 11 is 0. The summed E-state index contributed by atoms with van der Waals surface area (Å²) in [7, 11) is 0. The second-order valence-corrected chi connectivity index (χ2v) is 5.16. The fourth-order valence-corrected chi connectivity index (χ4v) is 1.72. The van der Waals surface area contributed by atoms with Gasteiger partial charge in [-0.05, 0) is 26.7 Å². The minimum absolute atomic E-state index is 0.0366. The highest BCUT2D eigenvalue weighted by molar-refractivity contribution is 5.90. The maximum atomic E-state index is 11.8. The number of carbonyl (C=O) groups is 2. The van der Waals surface area contributed by atoms with Gasteiger partial charge in [-0.15, -0.1) is 5.10 Å². The zero-order valence-electron chi connectivity index (χ0n) is 11.5. The average molecular weight is 282 g/mol. The second-order valence-electron chi connectivity index (χ2n) is 5.16. The van der Waals surface area contributed by atoms with E-state index in [1.807, 2.05) is 13.8 Å². The van der Waals surface area contributed by atoms with Crippen molar-refractivity contribution in [2.45, 2.75) is 38.6 Å². The van der Waals surface area contributed by atoms with Gasteiger partial charge in [0.15, 0.2) is 0 Å². The third-order valence-electron chi connectivity index (χ3n) is 3.03. The minimum Gasteiger partial charge on any atom is -0.480 e. The van der Waals surface area contributed by atoms with Crippen molar-refractivity contribution in [1.29, 1.82) is 0 Å². The Morgan fingerprint density at radius 1 is 1.40 bits per heavy atom. The SMILES string of the molecule is CC(C)N(CC(=O)O)CC(=O)Nc1nnc(C2CC2)o1. The summed E-state index contributed by atoms with van der Waals surface area (Å²) in [5, 5.41) is 18.9. The molecule has 0 aliphatic heterocycles. The fourth-order valence-electron chi connectivity index (χ4n) is 1.72. The van der Waals surface area contributed by atoms with Crippen LogP contribution in [0.3, 0.4) is 0 Å². The lowest BCUT2D eigenvalue weighted by atomic mass is 10.3. The van der Waals surface area contributed by atoms with E-state index in [9.17, 15) is 9.59 Å². The van der Waals surface area contributed by atoms with Crippen LogP contribution in [0.2, 0.25) is 0 Å². The van der Waals surface area contributed by atoms with Crippen molar-refractivity contribution in [3.05, 3.63) is 5.89 Å². The molecular weight excluding hydrogens is 264 g/mol. The van der Waals surface area contributed by atoms with Crippen molar-refractivity contribution >= 4 is 17.9 Å². The number of hydrogen-bond acceptors (Lipinski definition) is 6. The van der Waals surface area contributed by atoms with Crippen LogP contribution in [-0.2, 0) is 9.59 Å². The van der Waals surface area contributed by atoms with Crippen LogP contribution in [0.1, 0.15) is 38.5 Å². The van der Waals surface area contributed by atoms with Crippen molar-refractivity contribution in [3.63, 3.8) is 0 Å². The smallest absolute Gasteiger partial charge is 0.322 e. The van der Waals surface area contributed by atoms with Crippen molar-refractivity contribution < 1.29 is 19.1 Å². The van der Waals surface area contributed by atoms with Crippen LogP contribution in [0.15, 0.2) is 4.42 Å². The van der Waals surface area contributed by atoms with E-state index < -0.39 is 5.97 Å². The Hall–Kier alpha value is -1.96. The van der Waals surface area contributed by atoms with E-state index in [1.54, 1.807) is 0 Å². The molecule has 1 amide bonds. The van der Waals surface area contributed by atoms with Crippen molar-refractivity contribution in [1.82, 2.24) is 15.1 Å². The first-order valence-corrected chi connectivity index (χ1v) is 6.54. The van der Waals surface area contributed by atoms with Crippen LogP contribution >= 0.6 is 0 Å². The van der Waals surface area contributed by atoms with Crippen molar-refractivity contribution in [2.24, 2.45) is 0 Å². The zero-order valence-corrected chi connectivity index (χ0v) is 11.5. The molecule has 2 rings (SSSR count). The number of aromatic nitrogens is 2. The lowest BCUT2D eigenvalue weighted by molar-refractivity contribution is -0.139. The van der Waals surface area contributed by atoms with Gasteiger partial charge in [0.2, 0.25) is 11.8 Å². The number of aliphatic carboxylic acids is 1. The fraction of sp³-hybridized carbons (Fsp3) is 0.667. The minimum atomic E-state index is -0.972. The van der Waals surface area contributed by atoms with E-state index in [0.29, 0.717) is 11.8 Å². The summed E-state index contributed by atoms with van der Waals surface area (Å²) in [6.45, 7) is 3.43. The summed E-state index contributed by atoms with van der Waals surface area (Å²) in [6.07, 6.45) is 2.07. The van der Waals surface area contributed by atoms with Gasteiger partial charge < -0.3 is 9.52 Å². The van der Waals surface area contributed by atoms with E-state index in [2.05, 4.69) is 15.5 Å². The Bertz CT molecular complexity index is 495. The number of nitrogens with one attached hydrogen (secondary N) is 1. The van der Waals surface area contributed by atoms with Crippen LogP contribution in [0.25, 0.3) is 0 Å². The third kappa shape index (κ3) is 4.02. The van der Waals surface area contributed by atoms with E-state index in [4.69, 9.17) is 9.52 Å². The molecule has 20 heavy (non-hydrogen) atoms. The molecule has 2 N–H and O–H groups in total. The summed E-state index contributed by atoms with van der Waals surface area (Å²) in [5.74, 6) is -0.467. The molecule has 110 valence electrons. The lowest BCUT2D eigenvalue weighted by Crippen LogP contribution is -2.41. The molecule has 1 aromatic heterocycles. The van der Waals surface area contributed by atoms with E-state index >= 15 is 0 Å². The Morgan fingerprint density at radius 3 is 2.65 bits per heavy atom. The molecule has 0 bridgehead atoms. The average Bonchev–Trinajstić information content (AvgIpc) is 3.09. The molecule has 1 heterocycles. The normalized spacial score (nSPS) is 14.8. The number of carboxylic acid groups (broad SMARTS) is 1. The standard InChI is InChI=1S/C12H18N4O4/c1-7(2)16(6-10(18)19)5-9(17)13-12-15-14-11(20-12)8-3-4-8/h7-8H,3-6H2,1-2H3,(H,18,19)(H,13,15,17). The molecule has 0 aromatic carbocycles. The summed E-state index contributed by atoms with van der Waals surface area (Å²) in [4.78, 5) is 24.1. The van der Waals surface area contributed by atoms with E-state index in [1.165, 1.54) is 4.90 Å². The number of amides is 1. The molecule has 0 radical (unpaired) electrons. The molecule has 0 spiro atoms. The van der Waals surface area contributed by atoms with Gasteiger partial charge in [0.1, 0.15) is 0 Å². The zero-order chi connectivity index (χ0) is 14.7. The highest BCUT2D eigenvalue weighted by Gasteiger charge is 2.29. The van der Waals surface area contributed by atoms with Gasteiger partial charge in [0.25, 0.3) is 0 Å². The first-order chi connectivity index (χ1) is 9.45. The Morgan fingerprint density at radius 2 is 2.10 bits per heavy atom. The number of nitrogens with zero attached hydrogens (tertiary/aromatic N) is 3. The van der Waals surface area contributed by atoms with Gasteiger partial charge in [-0.25, -0.2) is 0 Å². The number of carbonyl (C=O) groups excluding carboxylic acids is 1. The number of hydrogen-bond donors (Lipinski definition) is 2. The molecule has 0 unspecified atom stereocenters. The van der Waals surface area contributed by atoms with Crippen LogP contribution in [-0.4, -0.2) is 51.2 Å². The molecule has 1 fully saturated rings. The van der Waals surface area contributed by atoms with Gasteiger partial charge in [0.05, 0.1) is 13.1 Å². The first-order valence-electron chi connectivity index (χ1n) is 6.54. The Kier molecular flexibility index (Phi) is 4.33. The predicted octanol–water partition coefficient (Wildman–Crippen LogP) is 0.680. The number of rotatable bonds is 7. The summed E-state index contributed by atoms with van der Waals surface area (Å²) in [5.41, 5.74) is 0. The van der Waals surface area contributed by atoms with Crippen molar-refractivity contribution in [2.75, 3.05) is 18.4 Å². The molecule has 1 aromatic rings. The molecule has 0 atom stereocenters. The van der Waals surface area contributed by atoms with Gasteiger partial charge in [-0.1, -0.05) is 5.10 Å². The maximum absolute atomic E-state index is 11.8. The molecule has 8 heteroatoms. The van der Waals surface area contributed by atoms with Crippen LogP contribution in [0.4, 0.5) is 6.01 Å². The van der Waals surface area contributed by atoms with Gasteiger partial charge in [-0.3, -0.25) is 19.8 Å². The van der Waals surface area contributed by atoms with Gasteiger partial charge in [0, 0.05) is 12.0 Å². The number of carboxylic acids is 1. The molecular formula is C12H18N4O4. The van der Waals surface area contributed by atoms with Gasteiger partial charge in [-0.2, -0.15) is 0 Å². The monoisotopic (exact) mass is 282 g/mol. The van der Waals surface area contributed by atoms with Gasteiger partial charge >= 0.3 is 12.0 Å². The van der Waals surface area contributed by atoms with Crippen LogP contribution in [0.5, 0.6) is 0 Å². The molecule has 1 aliphatic rings. The largest absolute Gasteiger partial charge is 0.480 e. The highest BCUT2D eigenvalue weighted by atomic mass is 16.4. The molecule has 0 saturated heterocycles. The summed E-state index contributed by atoms with van der Waals surface area (Å²) in [6, 6.07) is 0.0116. The Balaban J connectivity index is 1.87. The summed E-state index contributed by atoms with van der Waals surface area (Å²) < 4.78 is 5.31. The maximum Gasteiger partial charge on any atom is 0.322 e. The molecule has 1 aliphatic carbocycles. The number of anilines is 1. The van der Waals surface area contributed by atoms with Crippen molar-refractivity contribution in [3.8, 4) is 0 Å². The predicted molar refractivity (Wildman–Crippen MR) is 69.2 cm³/mol. The highest BCUT2D eigenvalue weighted by Crippen LogP contribution is 2.39. The van der Waals surface area contributed by atoms with E-state index in [-0.39, 0.29) is 31.1 Å². The quantitative estimate of drug-likeness (QED) is 0.756. The van der Waals surface area contributed by atoms with E-state index in [0.717, 1.165) is 12.8 Å².